The van der Waals surface area contributed by atoms with Gasteiger partial charge in [0.1, 0.15) is 0 Å². The molecule has 0 aliphatic heterocycles. The van der Waals surface area contributed by atoms with Crippen molar-refractivity contribution in [2.75, 3.05) is 6.54 Å². The summed E-state index contributed by atoms with van der Waals surface area (Å²) in [6, 6.07) is -0.518. The molecule has 0 saturated carbocycles. The third-order valence-corrected chi connectivity index (χ3v) is 3.34. The molecule has 1 rings (SSSR count). The van der Waals surface area contributed by atoms with Gasteiger partial charge in [-0.1, -0.05) is 13.8 Å². The summed E-state index contributed by atoms with van der Waals surface area (Å²) in [5, 5.41) is 13.6. The highest BCUT2D eigenvalue weighted by atomic mass is 32.1. The Morgan fingerprint density at radius 2 is 2.22 bits per heavy atom. The second kappa shape index (κ2) is 6.46. The van der Waals surface area contributed by atoms with Gasteiger partial charge >= 0.3 is 5.97 Å². The number of nitrogens with two attached hydrogens (primary N) is 1. The van der Waals surface area contributed by atoms with Gasteiger partial charge in [0.2, 0.25) is 5.91 Å². The summed E-state index contributed by atoms with van der Waals surface area (Å²) in [6.45, 7) is 4.17. The Morgan fingerprint density at radius 3 is 2.72 bits per heavy atom. The van der Waals surface area contributed by atoms with E-state index in [0.717, 1.165) is 0 Å². The number of carbonyl (C=O) groups is 2. The molecule has 1 amide bonds. The van der Waals surface area contributed by atoms with Crippen LogP contribution in [0.25, 0.3) is 0 Å². The second-order valence-electron chi connectivity index (χ2n) is 4.24. The van der Waals surface area contributed by atoms with Gasteiger partial charge in [0.25, 0.3) is 0 Å². The molecule has 0 fully saturated rings. The van der Waals surface area contributed by atoms with Crippen molar-refractivity contribution in [2.45, 2.75) is 26.3 Å². The Labute approximate surface area is 109 Å². The molecule has 1 aromatic heterocycles. The average molecular weight is 271 g/mol. The van der Waals surface area contributed by atoms with Gasteiger partial charge in [0, 0.05) is 18.3 Å². The zero-order chi connectivity index (χ0) is 13.7. The van der Waals surface area contributed by atoms with E-state index < -0.39 is 12.0 Å². The lowest BCUT2D eigenvalue weighted by Crippen LogP contribution is -2.44. The van der Waals surface area contributed by atoms with Crippen molar-refractivity contribution >= 4 is 23.2 Å². The normalized spacial score (nSPS) is 12.4. The number of nitrogens with zero attached hydrogens (tertiary/aromatic N) is 1. The number of thiazole rings is 1. The number of aromatic carboxylic acids is 1. The van der Waals surface area contributed by atoms with Crippen LogP contribution in [-0.4, -0.2) is 34.6 Å². The van der Waals surface area contributed by atoms with Crippen LogP contribution in [0.2, 0.25) is 0 Å². The lowest BCUT2D eigenvalue weighted by atomic mass is 10.1. The standard InChI is InChI=1S/C11H17N3O3S/c1-6(2)9(12)10(15)13-4-3-8-14-7(5-18-8)11(16)17/h5-6,9H,3-4,12H2,1-2H3,(H,13,15)(H,16,17)/t9-/m0/s1. The van der Waals surface area contributed by atoms with Crippen LogP contribution < -0.4 is 11.1 Å². The fourth-order valence-corrected chi connectivity index (χ4v) is 2.01. The van der Waals surface area contributed by atoms with Crippen LogP contribution in [0, 0.1) is 5.92 Å². The average Bonchev–Trinajstić information content (AvgIpc) is 2.76. The topological polar surface area (TPSA) is 105 Å². The van der Waals surface area contributed by atoms with Gasteiger partial charge in [-0.3, -0.25) is 4.79 Å². The molecule has 7 heteroatoms. The molecule has 0 saturated heterocycles. The zero-order valence-corrected chi connectivity index (χ0v) is 11.2. The predicted octanol–water partition coefficient (Wildman–Crippen LogP) is 0.483. The minimum atomic E-state index is -1.04. The van der Waals surface area contributed by atoms with Crippen molar-refractivity contribution in [3.8, 4) is 0 Å². The number of carboxylic acid groups (broad SMARTS) is 1. The SMILES string of the molecule is CC(C)[C@H](N)C(=O)NCCc1nc(C(=O)O)cs1. The van der Waals surface area contributed by atoms with Crippen molar-refractivity contribution in [2.24, 2.45) is 11.7 Å². The molecule has 6 nitrogen and oxygen atoms in total. The lowest BCUT2D eigenvalue weighted by molar-refractivity contribution is -0.123. The highest BCUT2D eigenvalue weighted by Crippen LogP contribution is 2.09. The van der Waals surface area contributed by atoms with Crippen molar-refractivity contribution in [3.63, 3.8) is 0 Å². The Balaban J connectivity index is 2.37. The molecule has 100 valence electrons. The first-order valence-corrected chi connectivity index (χ1v) is 6.50. The van der Waals surface area contributed by atoms with Gasteiger partial charge in [0.05, 0.1) is 11.0 Å². The van der Waals surface area contributed by atoms with E-state index >= 15 is 0 Å². The number of rotatable bonds is 6. The van der Waals surface area contributed by atoms with E-state index in [0.29, 0.717) is 18.0 Å². The Morgan fingerprint density at radius 1 is 1.56 bits per heavy atom. The maximum absolute atomic E-state index is 11.5. The van der Waals surface area contributed by atoms with E-state index in [4.69, 9.17) is 10.8 Å². The third kappa shape index (κ3) is 4.08. The largest absolute Gasteiger partial charge is 0.476 e. The monoisotopic (exact) mass is 271 g/mol. The number of carbonyl (C=O) groups excluding carboxylic acids is 1. The molecule has 0 spiro atoms. The number of hydrogen-bond acceptors (Lipinski definition) is 5. The molecule has 0 aliphatic carbocycles. The van der Waals surface area contributed by atoms with Crippen molar-refractivity contribution < 1.29 is 14.7 Å². The van der Waals surface area contributed by atoms with E-state index in [1.54, 1.807) is 0 Å². The number of aromatic nitrogens is 1. The molecule has 0 aromatic carbocycles. The van der Waals surface area contributed by atoms with Crippen LogP contribution in [0.15, 0.2) is 5.38 Å². The van der Waals surface area contributed by atoms with Gasteiger partial charge in [-0.2, -0.15) is 0 Å². The number of amides is 1. The van der Waals surface area contributed by atoms with Crippen molar-refractivity contribution in [3.05, 3.63) is 16.1 Å². The minimum absolute atomic E-state index is 0.0419. The van der Waals surface area contributed by atoms with Crippen LogP contribution in [0.3, 0.4) is 0 Å². The van der Waals surface area contributed by atoms with Crippen LogP contribution in [0.5, 0.6) is 0 Å². The molecule has 0 radical (unpaired) electrons. The number of nitrogens with one attached hydrogen (secondary N) is 1. The van der Waals surface area contributed by atoms with Crippen LogP contribution in [-0.2, 0) is 11.2 Å². The second-order valence-corrected chi connectivity index (χ2v) is 5.19. The minimum Gasteiger partial charge on any atom is -0.476 e. The van der Waals surface area contributed by atoms with E-state index in [1.807, 2.05) is 13.8 Å². The maximum atomic E-state index is 11.5. The number of carboxylic acids is 1. The van der Waals surface area contributed by atoms with E-state index in [1.165, 1.54) is 16.7 Å². The zero-order valence-electron chi connectivity index (χ0n) is 10.3. The molecular weight excluding hydrogens is 254 g/mol. The highest BCUT2D eigenvalue weighted by molar-refractivity contribution is 7.09. The smallest absolute Gasteiger partial charge is 0.355 e. The van der Waals surface area contributed by atoms with Crippen molar-refractivity contribution in [1.29, 1.82) is 0 Å². The maximum Gasteiger partial charge on any atom is 0.355 e. The summed E-state index contributed by atoms with van der Waals surface area (Å²) in [7, 11) is 0. The number of hydrogen-bond donors (Lipinski definition) is 3. The molecular formula is C11H17N3O3S. The van der Waals surface area contributed by atoms with Gasteiger partial charge < -0.3 is 16.2 Å². The fourth-order valence-electron chi connectivity index (χ4n) is 1.24. The highest BCUT2D eigenvalue weighted by Gasteiger charge is 2.16. The quantitative estimate of drug-likeness (QED) is 0.698. The van der Waals surface area contributed by atoms with Crippen LogP contribution in [0.4, 0.5) is 0 Å². The van der Waals surface area contributed by atoms with E-state index in [-0.39, 0.29) is 17.5 Å². The summed E-state index contributed by atoms with van der Waals surface area (Å²) in [5.41, 5.74) is 5.72. The summed E-state index contributed by atoms with van der Waals surface area (Å²) >= 11 is 1.27. The molecule has 0 aliphatic rings. The summed E-state index contributed by atoms with van der Waals surface area (Å²) < 4.78 is 0. The van der Waals surface area contributed by atoms with Crippen LogP contribution >= 0.6 is 11.3 Å². The van der Waals surface area contributed by atoms with E-state index in [2.05, 4.69) is 10.3 Å². The molecule has 1 atom stereocenters. The third-order valence-electron chi connectivity index (χ3n) is 2.43. The fraction of sp³-hybridized carbons (Fsp3) is 0.545. The molecule has 1 aromatic rings. The molecule has 18 heavy (non-hydrogen) atoms. The molecule has 0 unspecified atom stereocenters. The Kier molecular flexibility index (Phi) is 5.24. The first-order valence-electron chi connectivity index (χ1n) is 5.62. The van der Waals surface area contributed by atoms with Crippen molar-refractivity contribution in [1.82, 2.24) is 10.3 Å². The van der Waals surface area contributed by atoms with Gasteiger partial charge in [0.15, 0.2) is 5.69 Å². The van der Waals surface area contributed by atoms with Gasteiger partial charge in [-0.25, -0.2) is 9.78 Å². The lowest BCUT2D eigenvalue weighted by Gasteiger charge is -2.14. The summed E-state index contributed by atoms with van der Waals surface area (Å²) in [6.07, 6.45) is 0.508. The first-order chi connectivity index (χ1) is 8.41. The predicted molar refractivity (Wildman–Crippen MR) is 68.6 cm³/mol. The van der Waals surface area contributed by atoms with Crippen LogP contribution in [0.1, 0.15) is 29.3 Å². The first kappa shape index (κ1) is 14.6. The Bertz CT molecular complexity index is 431. The molecule has 0 bridgehead atoms. The summed E-state index contributed by atoms with van der Waals surface area (Å²) in [4.78, 5) is 26.1. The summed E-state index contributed by atoms with van der Waals surface area (Å²) in [5.74, 6) is -1.15. The van der Waals surface area contributed by atoms with Gasteiger partial charge in [-0.15, -0.1) is 11.3 Å². The Hall–Kier alpha value is -1.47. The van der Waals surface area contributed by atoms with E-state index in [9.17, 15) is 9.59 Å². The molecule has 4 N–H and O–H groups in total. The van der Waals surface area contributed by atoms with Gasteiger partial charge in [-0.05, 0) is 5.92 Å². The molecule has 1 heterocycles.